The van der Waals surface area contributed by atoms with Crippen molar-refractivity contribution in [2.24, 2.45) is 10.9 Å². The van der Waals surface area contributed by atoms with Crippen molar-refractivity contribution >= 4 is 52.5 Å². The van der Waals surface area contributed by atoms with Gasteiger partial charge in [-0.05, 0) is 51.2 Å². The highest BCUT2D eigenvalue weighted by Gasteiger charge is 2.43. The van der Waals surface area contributed by atoms with E-state index in [2.05, 4.69) is 37.5 Å². The number of nitrogens with zero attached hydrogens (tertiary/aromatic N) is 5. The van der Waals surface area contributed by atoms with Crippen LogP contribution < -0.4 is 9.80 Å². The average Bonchev–Trinajstić information content (AvgIpc) is 2.97. The molecule has 2 aromatic rings. The molecule has 0 aliphatic carbocycles. The molecule has 0 spiro atoms. The van der Waals surface area contributed by atoms with E-state index in [1.54, 1.807) is 6.07 Å². The van der Waals surface area contributed by atoms with Gasteiger partial charge in [-0.3, -0.25) is 4.79 Å². The smallest absolute Gasteiger partial charge is 0.315 e. The second-order valence-corrected chi connectivity index (χ2v) is 11.9. The molecule has 7 nitrogen and oxygen atoms in total. The molecule has 1 aliphatic rings. The molecule has 0 bridgehead atoms. The second-order valence-electron chi connectivity index (χ2n) is 11.1. The molecule has 0 N–H and O–H groups in total. The monoisotopic (exact) mass is 617 g/mol. The molecule has 9 heteroatoms. The summed E-state index contributed by atoms with van der Waals surface area (Å²) in [6.45, 7) is 16.3. The van der Waals surface area contributed by atoms with Gasteiger partial charge in [-0.2, -0.15) is 9.97 Å². The maximum atomic E-state index is 13.6. The number of unbranched alkanes of at least 4 members (excludes halogenated alkanes) is 4. The van der Waals surface area contributed by atoms with E-state index in [-0.39, 0.29) is 12.6 Å². The van der Waals surface area contributed by atoms with Crippen LogP contribution in [0.2, 0.25) is 10.0 Å². The van der Waals surface area contributed by atoms with Gasteiger partial charge in [0.1, 0.15) is 11.7 Å². The molecule has 0 fully saturated rings. The molecule has 2 heterocycles. The van der Waals surface area contributed by atoms with E-state index >= 15 is 0 Å². The van der Waals surface area contributed by atoms with Crippen molar-refractivity contribution in [1.29, 1.82) is 0 Å². The van der Waals surface area contributed by atoms with Crippen molar-refractivity contribution in [2.75, 3.05) is 42.6 Å². The quantitative estimate of drug-likeness (QED) is 0.165. The third kappa shape index (κ3) is 8.16. The molecule has 2 atom stereocenters. The van der Waals surface area contributed by atoms with Crippen molar-refractivity contribution in [3.8, 4) is 0 Å². The highest BCUT2D eigenvalue weighted by Crippen LogP contribution is 2.49. The normalized spacial score (nSPS) is 16.1. The lowest BCUT2D eigenvalue weighted by atomic mass is 9.76. The molecule has 1 aromatic carbocycles. The second kappa shape index (κ2) is 17.0. The highest BCUT2D eigenvalue weighted by atomic mass is 35.5. The number of rotatable bonds is 17. The predicted molar refractivity (Wildman–Crippen MR) is 177 cm³/mol. The van der Waals surface area contributed by atoms with E-state index in [1.807, 2.05) is 26.0 Å². The van der Waals surface area contributed by atoms with Gasteiger partial charge < -0.3 is 14.5 Å². The molecule has 42 heavy (non-hydrogen) atoms. The van der Waals surface area contributed by atoms with Crippen LogP contribution in [0.4, 0.5) is 17.6 Å². The van der Waals surface area contributed by atoms with Gasteiger partial charge in [-0.1, -0.05) is 88.7 Å². The van der Waals surface area contributed by atoms with Crippen LogP contribution in [0.25, 0.3) is 0 Å². The Balaban J connectivity index is 2.38. The summed E-state index contributed by atoms with van der Waals surface area (Å²) in [6.07, 6.45) is 8.48. The Kier molecular flexibility index (Phi) is 13.8. The summed E-state index contributed by atoms with van der Waals surface area (Å²) >= 11 is 13.5. The third-order valence-corrected chi connectivity index (χ3v) is 8.67. The Morgan fingerprint density at radius 3 is 1.98 bits per heavy atom. The van der Waals surface area contributed by atoms with Crippen molar-refractivity contribution < 1.29 is 9.53 Å². The van der Waals surface area contributed by atoms with Crippen LogP contribution in [0.1, 0.15) is 110 Å². The van der Waals surface area contributed by atoms with Crippen molar-refractivity contribution in [1.82, 2.24) is 9.97 Å². The number of benzene rings is 1. The van der Waals surface area contributed by atoms with Crippen molar-refractivity contribution in [3.05, 3.63) is 39.4 Å². The number of carbonyl (C=O) groups is 1. The van der Waals surface area contributed by atoms with E-state index in [1.165, 1.54) is 0 Å². The SMILES string of the molecule is CCCCN(CCCC)c1nc2c(c(N(CCCC)CCCC)n1)C(c1cccc(Cl)c1Cl)C(C(=O)OCC)C(C)=N2. The lowest BCUT2D eigenvalue weighted by molar-refractivity contribution is -0.146. The van der Waals surface area contributed by atoms with E-state index < -0.39 is 11.8 Å². The number of aromatic nitrogens is 2. The van der Waals surface area contributed by atoms with Crippen molar-refractivity contribution in [3.63, 3.8) is 0 Å². The molecule has 2 unspecified atom stereocenters. The first-order valence-electron chi connectivity index (χ1n) is 15.9. The minimum atomic E-state index is -0.669. The highest BCUT2D eigenvalue weighted by molar-refractivity contribution is 6.42. The molecular formula is C33H49Cl2N5O2. The standard InChI is InChI=1S/C33H49Cl2N5O2/c1-7-12-19-39(20-13-8-2)31-28-27(24-17-16-18-25(34)29(24)35)26(32(41)42-11-5)23(6)36-30(28)37-33(38-31)40(21-14-9-3)22-15-10-4/h16-18,26-27H,7-15,19-22H2,1-6H3. The third-order valence-electron chi connectivity index (χ3n) is 7.84. The number of halogens is 2. The van der Waals surface area contributed by atoms with Crippen LogP contribution in [0.15, 0.2) is 23.2 Å². The first-order chi connectivity index (χ1) is 20.3. The van der Waals surface area contributed by atoms with Gasteiger partial charge in [0, 0.05) is 43.4 Å². The van der Waals surface area contributed by atoms with Gasteiger partial charge in [0.05, 0.1) is 16.7 Å². The number of esters is 1. The van der Waals surface area contributed by atoms with E-state index in [0.717, 1.165) is 94.5 Å². The largest absolute Gasteiger partial charge is 0.465 e. The number of aliphatic imine (C=N–C) groups is 1. The number of fused-ring (bicyclic) bond motifs is 1. The minimum Gasteiger partial charge on any atom is -0.465 e. The Bertz CT molecular complexity index is 1190. The molecule has 0 radical (unpaired) electrons. The molecule has 1 aromatic heterocycles. The zero-order valence-electron chi connectivity index (χ0n) is 26.4. The molecular weight excluding hydrogens is 569 g/mol. The molecule has 0 saturated carbocycles. The molecule has 3 rings (SSSR count). The molecule has 0 amide bonds. The van der Waals surface area contributed by atoms with Crippen LogP contribution in [-0.2, 0) is 9.53 Å². The summed E-state index contributed by atoms with van der Waals surface area (Å²) in [4.78, 5) is 33.7. The number of hydrogen-bond acceptors (Lipinski definition) is 7. The Labute approximate surface area is 263 Å². The topological polar surface area (TPSA) is 70.9 Å². The van der Waals surface area contributed by atoms with Gasteiger partial charge in [0.15, 0.2) is 5.82 Å². The van der Waals surface area contributed by atoms with Gasteiger partial charge in [-0.25, -0.2) is 4.99 Å². The van der Waals surface area contributed by atoms with Crippen LogP contribution in [-0.4, -0.2) is 54.4 Å². The summed E-state index contributed by atoms with van der Waals surface area (Å²) < 4.78 is 5.61. The Morgan fingerprint density at radius 2 is 1.43 bits per heavy atom. The summed E-state index contributed by atoms with van der Waals surface area (Å²) in [7, 11) is 0. The van der Waals surface area contributed by atoms with E-state index in [9.17, 15) is 4.79 Å². The van der Waals surface area contributed by atoms with Gasteiger partial charge >= 0.3 is 5.97 Å². The van der Waals surface area contributed by atoms with Gasteiger partial charge in [0.2, 0.25) is 5.95 Å². The summed E-state index contributed by atoms with van der Waals surface area (Å²) in [5, 5.41) is 0.868. The van der Waals surface area contributed by atoms with Crippen LogP contribution >= 0.6 is 23.2 Å². The minimum absolute atomic E-state index is 0.275. The van der Waals surface area contributed by atoms with Crippen LogP contribution in [0, 0.1) is 5.92 Å². The number of anilines is 2. The number of ether oxygens (including phenoxy) is 1. The maximum absolute atomic E-state index is 13.6. The van der Waals surface area contributed by atoms with Crippen molar-refractivity contribution in [2.45, 2.75) is 98.8 Å². The molecule has 1 aliphatic heterocycles. The van der Waals surface area contributed by atoms with Gasteiger partial charge in [0.25, 0.3) is 0 Å². The van der Waals surface area contributed by atoms with Crippen LogP contribution in [0.3, 0.4) is 0 Å². The fourth-order valence-electron chi connectivity index (χ4n) is 5.49. The number of hydrogen-bond donors (Lipinski definition) is 0. The number of carbonyl (C=O) groups excluding carboxylic acids is 1. The fourth-order valence-corrected chi connectivity index (χ4v) is 5.92. The summed E-state index contributed by atoms with van der Waals surface area (Å²) in [5.41, 5.74) is 2.24. The predicted octanol–water partition coefficient (Wildman–Crippen LogP) is 9.01. The first kappa shape index (κ1) is 34.1. The Hall–Kier alpha value is -2.38. The molecule has 0 saturated heterocycles. The Morgan fingerprint density at radius 1 is 0.857 bits per heavy atom. The maximum Gasteiger partial charge on any atom is 0.315 e. The zero-order valence-corrected chi connectivity index (χ0v) is 27.9. The first-order valence-corrected chi connectivity index (χ1v) is 16.7. The van der Waals surface area contributed by atoms with Crippen LogP contribution in [0.5, 0.6) is 0 Å². The summed E-state index contributed by atoms with van der Waals surface area (Å²) in [5.74, 6) is 0.647. The zero-order chi connectivity index (χ0) is 30.6. The van der Waals surface area contributed by atoms with Gasteiger partial charge in [-0.15, -0.1) is 0 Å². The lowest BCUT2D eigenvalue weighted by Crippen LogP contribution is -2.37. The average molecular weight is 619 g/mol. The van der Waals surface area contributed by atoms with E-state index in [4.69, 9.17) is 42.9 Å². The van der Waals surface area contributed by atoms with E-state index in [0.29, 0.717) is 27.5 Å². The lowest BCUT2D eigenvalue weighted by Gasteiger charge is -2.36. The fraction of sp³-hybridized carbons (Fsp3) is 0.636. The molecule has 232 valence electrons. The summed E-state index contributed by atoms with van der Waals surface area (Å²) in [6, 6.07) is 5.60.